The Morgan fingerprint density at radius 2 is 1.34 bits per heavy atom. The van der Waals surface area contributed by atoms with Crippen LogP contribution in [-0.2, 0) is 42.8 Å². The number of carboxylic acid groups (broad SMARTS) is 1. The molecule has 0 amide bonds. The van der Waals surface area contributed by atoms with Gasteiger partial charge in [0.15, 0.2) is 0 Å². The van der Waals surface area contributed by atoms with Gasteiger partial charge in [-0.2, -0.15) is 0 Å². The molecule has 44 heavy (non-hydrogen) atoms. The van der Waals surface area contributed by atoms with Gasteiger partial charge in [0.25, 0.3) is 0 Å². The lowest BCUT2D eigenvalue weighted by molar-refractivity contribution is -0.164. The summed E-state index contributed by atoms with van der Waals surface area (Å²) in [5.41, 5.74) is -0.0269. The van der Waals surface area contributed by atoms with Crippen LogP contribution in [0.5, 0.6) is 0 Å². The zero-order valence-corrected chi connectivity index (χ0v) is 27.6. The lowest BCUT2D eigenvalue weighted by atomic mass is 9.75. The molecule has 0 aliphatic rings. The molecule has 1 aromatic carbocycles. The van der Waals surface area contributed by atoms with Crippen LogP contribution in [-0.4, -0.2) is 89.1 Å². The zero-order valence-electron chi connectivity index (χ0n) is 27.6. The number of methoxy groups -OCH3 is 1. The molecule has 0 fully saturated rings. The minimum Gasteiger partial charge on any atom is -0.481 e. The van der Waals surface area contributed by atoms with E-state index in [9.17, 15) is 19.5 Å². The van der Waals surface area contributed by atoms with Crippen LogP contribution in [0.1, 0.15) is 90.5 Å². The van der Waals surface area contributed by atoms with E-state index in [4.69, 9.17) is 28.4 Å². The van der Waals surface area contributed by atoms with Gasteiger partial charge in [-0.25, -0.2) is 0 Å². The maximum atomic E-state index is 13.4. The maximum absolute atomic E-state index is 13.4. The molecular formula is C34H56O10. The van der Waals surface area contributed by atoms with Crippen LogP contribution in [0.4, 0.5) is 0 Å². The number of aliphatic carboxylic acids is 1. The predicted molar refractivity (Wildman–Crippen MR) is 168 cm³/mol. The normalized spacial score (nSPS) is 14.8. The highest BCUT2D eigenvalue weighted by atomic mass is 16.5. The van der Waals surface area contributed by atoms with Crippen LogP contribution in [0, 0.1) is 11.3 Å². The van der Waals surface area contributed by atoms with Crippen molar-refractivity contribution in [2.75, 3.05) is 60.0 Å². The highest BCUT2D eigenvalue weighted by Gasteiger charge is 2.41. The summed E-state index contributed by atoms with van der Waals surface area (Å²) in [6, 6.07) is 9.97. The second-order valence-corrected chi connectivity index (χ2v) is 11.6. The Morgan fingerprint density at radius 3 is 1.82 bits per heavy atom. The van der Waals surface area contributed by atoms with Crippen LogP contribution in [0.3, 0.4) is 0 Å². The van der Waals surface area contributed by atoms with E-state index < -0.39 is 35.3 Å². The van der Waals surface area contributed by atoms with Crippen molar-refractivity contribution in [2.24, 2.45) is 11.3 Å². The molecule has 0 spiro atoms. The van der Waals surface area contributed by atoms with Crippen LogP contribution >= 0.6 is 0 Å². The van der Waals surface area contributed by atoms with Crippen molar-refractivity contribution in [3.63, 3.8) is 0 Å². The number of ether oxygens (including phenoxy) is 6. The third kappa shape index (κ3) is 17.7. The van der Waals surface area contributed by atoms with Gasteiger partial charge in [0.2, 0.25) is 0 Å². The van der Waals surface area contributed by atoms with Gasteiger partial charge < -0.3 is 33.5 Å². The van der Waals surface area contributed by atoms with E-state index in [0.717, 1.165) is 31.2 Å². The number of rotatable bonds is 27. The summed E-state index contributed by atoms with van der Waals surface area (Å²) < 4.78 is 33.0. The third-order valence-corrected chi connectivity index (χ3v) is 7.45. The fourth-order valence-electron chi connectivity index (χ4n) is 5.14. The van der Waals surface area contributed by atoms with E-state index in [1.807, 2.05) is 30.3 Å². The van der Waals surface area contributed by atoms with Gasteiger partial charge in [0.05, 0.1) is 17.9 Å². The van der Waals surface area contributed by atoms with Crippen LogP contribution in [0.25, 0.3) is 0 Å². The summed E-state index contributed by atoms with van der Waals surface area (Å²) in [6.45, 7) is 11.1. The predicted octanol–water partition coefficient (Wildman–Crippen LogP) is 5.81. The fourth-order valence-corrected chi connectivity index (χ4v) is 5.14. The summed E-state index contributed by atoms with van der Waals surface area (Å²) in [5, 5.41) is 9.59. The number of esters is 2. The van der Waals surface area contributed by atoms with Crippen molar-refractivity contribution < 1.29 is 47.9 Å². The van der Waals surface area contributed by atoms with Crippen LogP contribution < -0.4 is 0 Å². The minimum absolute atomic E-state index is 0.0670. The molecule has 0 heterocycles. The molecule has 0 saturated carbocycles. The molecule has 4 atom stereocenters. The second-order valence-electron chi connectivity index (χ2n) is 11.6. The number of carbonyl (C=O) groups excluding carboxylic acids is 2. The molecule has 0 radical (unpaired) electrons. The first-order chi connectivity index (χ1) is 21.1. The lowest BCUT2D eigenvalue weighted by Crippen LogP contribution is -2.38. The molecule has 0 bridgehead atoms. The van der Waals surface area contributed by atoms with Gasteiger partial charge in [0, 0.05) is 73.1 Å². The largest absolute Gasteiger partial charge is 0.481 e. The number of benzene rings is 1. The monoisotopic (exact) mass is 624 g/mol. The fraction of sp³-hybridized carbons (Fsp3) is 0.735. The first-order valence-corrected chi connectivity index (χ1v) is 16.0. The Labute approximate surface area is 264 Å². The third-order valence-electron chi connectivity index (χ3n) is 7.45. The molecule has 0 aromatic heterocycles. The summed E-state index contributed by atoms with van der Waals surface area (Å²) in [5.74, 6) is -2.59. The molecule has 1 rings (SSSR count). The quantitative estimate of drug-likeness (QED) is 0.0947. The van der Waals surface area contributed by atoms with Gasteiger partial charge in [-0.05, 0) is 56.9 Å². The van der Waals surface area contributed by atoms with E-state index in [1.54, 1.807) is 21.0 Å². The smallest absolute Gasteiger partial charge is 0.311 e. The van der Waals surface area contributed by atoms with E-state index >= 15 is 0 Å². The van der Waals surface area contributed by atoms with Gasteiger partial charge in [0.1, 0.15) is 6.10 Å². The maximum Gasteiger partial charge on any atom is 0.311 e. The number of carboxylic acids is 1. The van der Waals surface area contributed by atoms with Crippen molar-refractivity contribution in [1.82, 2.24) is 0 Å². The first-order valence-electron chi connectivity index (χ1n) is 16.0. The Kier molecular flexibility index (Phi) is 21.4. The van der Waals surface area contributed by atoms with E-state index in [-0.39, 0.29) is 25.4 Å². The second kappa shape index (κ2) is 23.8. The average molecular weight is 625 g/mol. The number of carbonyl (C=O) groups is 3. The topological polar surface area (TPSA) is 127 Å². The highest BCUT2D eigenvalue weighted by molar-refractivity contribution is 5.78. The van der Waals surface area contributed by atoms with Crippen molar-refractivity contribution in [3.8, 4) is 0 Å². The molecule has 4 unspecified atom stereocenters. The summed E-state index contributed by atoms with van der Waals surface area (Å²) in [7, 11) is 1.68. The van der Waals surface area contributed by atoms with E-state index in [1.165, 1.54) is 6.92 Å². The summed E-state index contributed by atoms with van der Waals surface area (Å²) >= 11 is 0. The first kappa shape index (κ1) is 39.5. The Balaban J connectivity index is 2.53. The van der Waals surface area contributed by atoms with Gasteiger partial charge in [-0.15, -0.1) is 0 Å². The highest BCUT2D eigenvalue weighted by Crippen LogP contribution is 2.37. The average Bonchev–Trinajstić information content (AvgIpc) is 2.99. The Morgan fingerprint density at radius 1 is 0.818 bits per heavy atom. The van der Waals surface area contributed by atoms with Gasteiger partial charge in [-0.3, -0.25) is 14.4 Å². The summed E-state index contributed by atoms with van der Waals surface area (Å²) in [6.07, 6.45) is 4.01. The Bertz CT molecular complexity index is 909. The standard InChI is InChI=1S/C34H56O10/c1-6-29(30-14-8-7-9-15-30)24-31(44-28(3)35)26-34(4,25-27(2)32(36)37)33(38)43-23-13-22-42-21-12-20-41-19-11-18-40-17-10-16-39-5/h7-9,14-15,27,29,31H,6,10-13,16-26H2,1-5H3,(H,36,37). The van der Waals surface area contributed by atoms with Crippen LogP contribution in [0.2, 0.25) is 0 Å². The molecule has 1 N–H and O–H groups in total. The zero-order chi connectivity index (χ0) is 32.6. The van der Waals surface area contributed by atoms with Crippen molar-refractivity contribution in [1.29, 1.82) is 0 Å². The van der Waals surface area contributed by atoms with E-state index in [2.05, 4.69) is 6.92 Å². The lowest BCUT2D eigenvalue weighted by Gasteiger charge is -2.33. The van der Waals surface area contributed by atoms with Crippen LogP contribution in [0.15, 0.2) is 30.3 Å². The van der Waals surface area contributed by atoms with Gasteiger partial charge in [-0.1, -0.05) is 44.2 Å². The number of hydrogen-bond donors (Lipinski definition) is 1. The molecule has 10 heteroatoms. The molecule has 252 valence electrons. The minimum atomic E-state index is -1.15. The molecule has 0 aliphatic heterocycles. The number of hydrogen-bond acceptors (Lipinski definition) is 9. The van der Waals surface area contributed by atoms with E-state index in [0.29, 0.717) is 59.1 Å². The van der Waals surface area contributed by atoms with Crippen molar-refractivity contribution in [2.45, 2.75) is 91.1 Å². The Hall–Kier alpha value is -2.53. The molecule has 1 aromatic rings. The van der Waals surface area contributed by atoms with Crippen molar-refractivity contribution >= 4 is 17.9 Å². The summed E-state index contributed by atoms with van der Waals surface area (Å²) in [4.78, 5) is 37.1. The molecule has 10 nitrogen and oxygen atoms in total. The molecule has 0 aliphatic carbocycles. The SMILES string of the molecule is CCC(CC(CC(C)(CC(C)C(=O)O)C(=O)OCCCOCCCOCCCOCCCOC)OC(C)=O)c1ccccc1. The van der Waals surface area contributed by atoms with Crippen molar-refractivity contribution in [3.05, 3.63) is 35.9 Å². The molecule has 0 saturated heterocycles. The molecular weight excluding hydrogens is 568 g/mol. The van der Waals surface area contributed by atoms with Gasteiger partial charge >= 0.3 is 17.9 Å².